The number of unbranched alkanes of at least 4 members (excludes halogenated alkanes) is 7. The number of phenols is 1. The van der Waals surface area contributed by atoms with Crippen molar-refractivity contribution in [2.45, 2.75) is 58.3 Å². The van der Waals surface area contributed by atoms with Gasteiger partial charge in [0, 0.05) is 0 Å². The zero-order valence-electron chi connectivity index (χ0n) is 20.8. The third-order valence-corrected chi connectivity index (χ3v) is 5.71. The fourth-order valence-corrected chi connectivity index (χ4v) is 3.67. The van der Waals surface area contributed by atoms with Crippen LogP contribution in [-0.2, 0) is 0 Å². The lowest BCUT2D eigenvalue weighted by Crippen LogP contribution is -2.14. The van der Waals surface area contributed by atoms with E-state index in [-0.39, 0.29) is 22.6 Å². The Morgan fingerprint density at radius 3 is 1.97 bits per heavy atom. The lowest BCUT2D eigenvalue weighted by atomic mass is 10.1. The summed E-state index contributed by atoms with van der Waals surface area (Å²) in [5.41, 5.74) is 0.373. The first kappa shape index (κ1) is 26.8. The summed E-state index contributed by atoms with van der Waals surface area (Å²) in [6.07, 6.45) is 9.97. The molecule has 190 valence electrons. The van der Waals surface area contributed by atoms with E-state index in [0.717, 1.165) is 12.2 Å². The van der Waals surface area contributed by atoms with Gasteiger partial charge in [-0.25, -0.2) is 9.59 Å². The molecule has 3 aromatic carbocycles. The van der Waals surface area contributed by atoms with Crippen LogP contribution in [0, 0.1) is 0 Å². The topological polar surface area (TPSA) is 82.1 Å². The molecule has 0 unspecified atom stereocenters. The molecule has 0 bridgehead atoms. The van der Waals surface area contributed by atoms with Crippen molar-refractivity contribution in [1.29, 1.82) is 0 Å². The van der Waals surface area contributed by atoms with Crippen molar-refractivity contribution in [2.75, 3.05) is 6.61 Å². The van der Waals surface area contributed by atoms with E-state index < -0.39 is 11.9 Å². The van der Waals surface area contributed by atoms with Gasteiger partial charge in [0.05, 0.1) is 12.2 Å². The number of rotatable bonds is 14. The quantitative estimate of drug-likeness (QED) is 0.144. The number of carbonyl (C=O) groups excluding carboxylic acids is 2. The van der Waals surface area contributed by atoms with E-state index in [4.69, 9.17) is 14.2 Å². The van der Waals surface area contributed by atoms with E-state index >= 15 is 0 Å². The van der Waals surface area contributed by atoms with Crippen LogP contribution in [0.4, 0.5) is 0 Å². The van der Waals surface area contributed by atoms with Gasteiger partial charge in [0.15, 0.2) is 0 Å². The van der Waals surface area contributed by atoms with Gasteiger partial charge in [-0.1, -0.05) is 64.0 Å². The molecule has 0 aliphatic carbocycles. The lowest BCUT2D eigenvalue weighted by molar-refractivity contribution is 0.0707. The first-order chi connectivity index (χ1) is 17.6. The predicted molar refractivity (Wildman–Crippen MR) is 139 cm³/mol. The van der Waals surface area contributed by atoms with Crippen molar-refractivity contribution in [3.8, 4) is 23.0 Å². The Morgan fingerprint density at radius 2 is 1.28 bits per heavy atom. The van der Waals surface area contributed by atoms with Crippen molar-refractivity contribution >= 4 is 11.9 Å². The second-order valence-electron chi connectivity index (χ2n) is 8.62. The maximum atomic E-state index is 12.8. The van der Waals surface area contributed by atoms with Crippen LogP contribution in [0.2, 0.25) is 0 Å². The Balaban J connectivity index is 1.46. The summed E-state index contributed by atoms with van der Waals surface area (Å²) in [5, 5.41) is 9.39. The van der Waals surface area contributed by atoms with Crippen LogP contribution < -0.4 is 14.2 Å². The third kappa shape index (κ3) is 8.77. The number of phenolic OH excluding ortho intramolecular Hbond substituents is 1. The van der Waals surface area contributed by atoms with Crippen LogP contribution in [0.25, 0.3) is 0 Å². The molecule has 0 spiro atoms. The fourth-order valence-electron chi connectivity index (χ4n) is 3.67. The highest BCUT2D eigenvalue weighted by Gasteiger charge is 2.18. The Kier molecular flexibility index (Phi) is 10.8. The molecule has 0 fully saturated rings. The number of carbonyl (C=O) groups is 2. The van der Waals surface area contributed by atoms with Gasteiger partial charge in [-0.05, 0) is 67.1 Å². The summed E-state index contributed by atoms with van der Waals surface area (Å²) in [4.78, 5) is 25.2. The molecule has 6 heteroatoms. The molecule has 0 aromatic heterocycles. The number of hydrogen-bond acceptors (Lipinski definition) is 6. The van der Waals surface area contributed by atoms with E-state index in [0.29, 0.717) is 12.4 Å². The first-order valence-corrected chi connectivity index (χ1v) is 12.6. The van der Waals surface area contributed by atoms with Gasteiger partial charge in [0.25, 0.3) is 0 Å². The van der Waals surface area contributed by atoms with Crippen LogP contribution in [0.1, 0.15) is 79.0 Å². The molecule has 0 aliphatic rings. The maximum Gasteiger partial charge on any atom is 0.347 e. The van der Waals surface area contributed by atoms with Gasteiger partial charge in [-0.15, -0.1) is 0 Å². The molecule has 0 amide bonds. The number of ether oxygens (including phenoxy) is 3. The summed E-state index contributed by atoms with van der Waals surface area (Å²) >= 11 is 0. The average molecular weight is 491 g/mol. The van der Waals surface area contributed by atoms with Crippen molar-refractivity contribution in [3.05, 3.63) is 83.9 Å². The minimum atomic E-state index is -0.645. The average Bonchev–Trinajstić information content (AvgIpc) is 2.89. The molecular weight excluding hydrogens is 456 g/mol. The van der Waals surface area contributed by atoms with Crippen LogP contribution in [0.5, 0.6) is 23.0 Å². The molecule has 36 heavy (non-hydrogen) atoms. The highest BCUT2D eigenvalue weighted by Crippen LogP contribution is 2.24. The van der Waals surface area contributed by atoms with Crippen molar-refractivity contribution in [2.24, 2.45) is 0 Å². The van der Waals surface area contributed by atoms with E-state index in [9.17, 15) is 14.7 Å². The second kappa shape index (κ2) is 14.6. The highest BCUT2D eigenvalue weighted by molar-refractivity contribution is 5.97. The van der Waals surface area contributed by atoms with Crippen molar-refractivity contribution in [1.82, 2.24) is 0 Å². The molecule has 0 saturated heterocycles. The lowest BCUT2D eigenvalue weighted by Gasteiger charge is -2.11. The third-order valence-electron chi connectivity index (χ3n) is 5.71. The van der Waals surface area contributed by atoms with Crippen LogP contribution in [0.15, 0.2) is 72.8 Å². The largest absolute Gasteiger partial charge is 0.508 e. The van der Waals surface area contributed by atoms with Gasteiger partial charge in [-0.3, -0.25) is 0 Å². The molecule has 3 aromatic rings. The molecule has 0 radical (unpaired) electrons. The minimum absolute atomic E-state index is 0.0418. The van der Waals surface area contributed by atoms with E-state index in [2.05, 4.69) is 6.92 Å². The smallest absolute Gasteiger partial charge is 0.347 e. The van der Waals surface area contributed by atoms with E-state index in [1.54, 1.807) is 36.4 Å². The zero-order valence-corrected chi connectivity index (χ0v) is 20.8. The summed E-state index contributed by atoms with van der Waals surface area (Å²) < 4.78 is 16.7. The molecule has 0 heterocycles. The fraction of sp³-hybridized carbons (Fsp3) is 0.333. The Bertz CT molecular complexity index is 1090. The molecule has 6 nitrogen and oxygen atoms in total. The summed E-state index contributed by atoms with van der Waals surface area (Å²) in [5.74, 6) is -0.0731. The summed E-state index contributed by atoms with van der Waals surface area (Å²) in [6, 6.07) is 18.9. The molecule has 0 aliphatic heterocycles. The summed E-state index contributed by atoms with van der Waals surface area (Å²) in [7, 11) is 0. The number of hydrogen-bond donors (Lipinski definition) is 1. The van der Waals surface area contributed by atoms with Gasteiger partial charge >= 0.3 is 11.9 Å². The molecular formula is C30H34O6. The van der Waals surface area contributed by atoms with Crippen molar-refractivity contribution < 1.29 is 28.9 Å². The van der Waals surface area contributed by atoms with Gasteiger partial charge in [-0.2, -0.15) is 0 Å². The van der Waals surface area contributed by atoms with Crippen LogP contribution in [0.3, 0.4) is 0 Å². The van der Waals surface area contributed by atoms with Crippen LogP contribution in [-0.4, -0.2) is 23.7 Å². The molecule has 0 saturated carbocycles. The van der Waals surface area contributed by atoms with E-state index in [1.807, 2.05) is 0 Å². The summed E-state index contributed by atoms with van der Waals surface area (Å²) in [6.45, 7) is 2.89. The predicted octanol–water partition coefficient (Wildman–Crippen LogP) is 7.35. The molecule has 3 rings (SSSR count). The van der Waals surface area contributed by atoms with Gasteiger partial charge in [0.2, 0.25) is 0 Å². The standard InChI is InChI=1S/C30H34O6/c1-2-3-4-5-6-7-8-11-22-34-25-18-20-26(21-19-25)35-30(33)27-12-9-10-13-28(27)36-29(32)23-14-16-24(31)17-15-23/h9-10,12-21,31H,2-8,11,22H2,1H3. The zero-order chi connectivity index (χ0) is 25.6. The molecule has 0 atom stereocenters. The number of esters is 2. The molecule has 1 N–H and O–H groups in total. The Morgan fingerprint density at radius 1 is 0.667 bits per heavy atom. The van der Waals surface area contributed by atoms with Gasteiger partial charge in [0.1, 0.15) is 28.6 Å². The second-order valence-corrected chi connectivity index (χ2v) is 8.62. The van der Waals surface area contributed by atoms with Crippen LogP contribution >= 0.6 is 0 Å². The Hall–Kier alpha value is -3.80. The van der Waals surface area contributed by atoms with E-state index in [1.165, 1.54) is 81.3 Å². The number of benzene rings is 3. The number of aromatic hydroxyl groups is 1. The monoisotopic (exact) mass is 490 g/mol. The van der Waals surface area contributed by atoms with Crippen molar-refractivity contribution in [3.63, 3.8) is 0 Å². The normalized spacial score (nSPS) is 10.6. The van der Waals surface area contributed by atoms with Gasteiger partial charge < -0.3 is 19.3 Å². The SMILES string of the molecule is CCCCCCCCCCOc1ccc(OC(=O)c2ccccc2OC(=O)c2ccc(O)cc2)cc1. The highest BCUT2D eigenvalue weighted by atomic mass is 16.6. The number of para-hydroxylation sites is 1. The maximum absolute atomic E-state index is 12.8. The first-order valence-electron chi connectivity index (χ1n) is 12.6. The Labute approximate surface area is 212 Å². The minimum Gasteiger partial charge on any atom is -0.508 e.